The first kappa shape index (κ1) is 19.8. The summed E-state index contributed by atoms with van der Waals surface area (Å²) in [6, 6.07) is 0. The molecule has 0 aliphatic rings. The summed E-state index contributed by atoms with van der Waals surface area (Å²) in [5.41, 5.74) is 0. The second-order valence-corrected chi connectivity index (χ2v) is 7.42. The van der Waals surface area contributed by atoms with Crippen molar-refractivity contribution in [1.29, 1.82) is 0 Å². The summed E-state index contributed by atoms with van der Waals surface area (Å²) in [5, 5.41) is 3.26. The minimum Gasteiger partial charge on any atom is -0.381 e. The van der Waals surface area contributed by atoms with Crippen LogP contribution in [0.15, 0.2) is 0 Å². The van der Waals surface area contributed by atoms with Crippen molar-refractivity contribution in [3.05, 3.63) is 0 Å². The summed E-state index contributed by atoms with van der Waals surface area (Å²) < 4.78 is 31.4. The molecule has 0 aromatic carbocycles. The van der Waals surface area contributed by atoms with E-state index in [-0.39, 0.29) is 5.75 Å². The van der Waals surface area contributed by atoms with E-state index < -0.39 is 10.0 Å². The molecule has 0 rings (SSSR count). The molecule has 0 spiro atoms. The minimum absolute atomic E-state index is 0.216. The first-order valence-corrected chi connectivity index (χ1v) is 9.39. The quantitative estimate of drug-likeness (QED) is 0.480. The van der Waals surface area contributed by atoms with Crippen molar-refractivity contribution in [2.45, 2.75) is 46.5 Å². The van der Waals surface area contributed by atoms with Gasteiger partial charge in [-0.25, -0.2) is 13.1 Å². The molecule has 122 valence electrons. The third-order valence-electron chi connectivity index (χ3n) is 2.68. The smallest absolute Gasteiger partial charge is 0.211 e. The third kappa shape index (κ3) is 14.2. The lowest BCUT2D eigenvalue weighted by molar-refractivity contribution is 0.108. The lowest BCUT2D eigenvalue weighted by Crippen LogP contribution is -2.28. The zero-order valence-corrected chi connectivity index (χ0v) is 14.1. The number of hydrogen-bond donors (Lipinski definition) is 2. The van der Waals surface area contributed by atoms with Crippen LogP contribution in [0.4, 0.5) is 0 Å². The Morgan fingerprint density at radius 1 is 1.05 bits per heavy atom. The first-order chi connectivity index (χ1) is 9.48. The van der Waals surface area contributed by atoms with Crippen molar-refractivity contribution in [1.82, 2.24) is 10.0 Å². The van der Waals surface area contributed by atoms with E-state index in [1.165, 1.54) is 0 Å². The van der Waals surface area contributed by atoms with Crippen LogP contribution >= 0.6 is 0 Å². The van der Waals surface area contributed by atoms with Gasteiger partial charge >= 0.3 is 0 Å². The molecule has 0 unspecified atom stereocenters. The Morgan fingerprint density at radius 2 is 1.80 bits per heavy atom. The lowest BCUT2D eigenvalue weighted by Gasteiger charge is -2.08. The van der Waals surface area contributed by atoms with Crippen LogP contribution in [0, 0.1) is 5.92 Å². The molecule has 0 aromatic rings. The first-order valence-electron chi connectivity index (χ1n) is 7.73. The van der Waals surface area contributed by atoms with Crippen LogP contribution < -0.4 is 10.0 Å². The SMILES string of the molecule is CCCNCCCCS(=O)(=O)NCCCOCC(C)C. The molecule has 0 amide bonds. The summed E-state index contributed by atoms with van der Waals surface area (Å²) >= 11 is 0. The van der Waals surface area contributed by atoms with Crippen LogP contribution in [-0.2, 0) is 14.8 Å². The highest BCUT2D eigenvalue weighted by molar-refractivity contribution is 7.89. The molecule has 0 saturated carbocycles. The summed E-state index contributed by atoms with van der Waals surface area (Å²) in [6.45, 7) is 10.0. The maximum absolute atomic E-state index is 11.7. The molecule has 20 heavy (non-hydrogen) atoms. The molecule has 0 heterocycles. The van der Waals surface area contributed by atoms with Crippen molar-refractivity contribution < 1.29 is 13.2 Å². The van der Waals surface area contributed by atoms with Gasteiger partial charge in [-0.05, 0) is 44.7 Å². The molecule has 0 saturated heterocycles. The second kappa shape index (κ2) is 12.6. The van der Waals surface area contributed by atoms with Gasteiger partial charge in [0, 0.05) is 19.8 Å². The van der Waals surface area contributed by atoms with Crippen molar-refractivity contribution >= 4 is 10.0 Å². The largest absolute Gasteiger partial charge is 0.381 e. The van der Waals surface area contributed by atoms with Gasteiger partial charge in [0.2, 0.25) is 10.0 Å². The molecular formula is C14H32N2O3S. The van der Waals surface area contributed by atoms with E-state index in [9.17, 15) is 8.42 Å². The fourth-order valence-corrected chi connectivity index (χ4v) is 2.82. The fraction of sp³-hybridized carbons (Fsp3) is 1.00. The highest BCUT2D eigenvalue weighted by atomic mass is 32.2. The van der Waals surface area contributed by atoms with E-state index >= 15 is 0 Å². The van der Waals surface area contributed by atoms with Crippen LogP contribution in [0.3, 0.4) is 0 Å². The molecule has 0 aromatic heterocycles. The van der Waals surface area contributed by atoms with Crippen LogP contribution in [0.1, 0.15) is 46.5 Å². The lowest BCUT2D eigenvalue weighted by atomic mass is 10.2. The van der Waals surface area contributed by atoms with Gasteiger partial charge < -0.3 is 10.1 Å². The summed E-state index contributed by atoms with van der Waals surface area (Å²) in [4.78, 5) is 0. The molecule has 0 atom stereocenters. The standard InChI is InChI=1S/C14H32N2O3S/c1-4-8-15-9-5-6-12-20(17,18)16-10-7-11-19-13-14(2)3/h14-16H,4-13H2,1-3H3. The third-order valence-corrected chi connectivity index (χ3v) is 4.15. The predicted molar refractivity (Wildman–Crippen MR) is 84.5 cm³/mol. The van der Waals surface area contributed by atoms with Gasteiger partial charge in [0.05, 0.1) is 5.75 Å². The predicted octanol–water partition coefficient (Wildman–Crippen LogP) is 1.75. The average Bonchev–Trinajstić information content (AvgIpc) is 2.37. The Labute approximate surface area is 124 Å². The highest BCUT2D eigenvalue weighted by Crippen LogP contribution is 1.96. The summed E-state index contributed by atoms with van der Waals surface area (Å²) in [6.07, 6.45) is 3.44. The molecular weight excluding hydrogens is 276 g/mol. The van der Waals surface area contributed by atoms with Gasteiger partial charge in [0.25, 0.3) is 0 Å². The van der Waals surface area contributed by atoms with Gasteiger partial charge in [-0.1, -0.05) is 20.8 Å². The van der Waals surface area contributed by atoms with E-state index in [1.807, 2.05) is 0 Å². The molecule has 0 aliphatic carbocycles. The van der Waals surface area contributed by atoms with Gasteiger partial charge in [-0.2, -0.15) is 0 Å². The van der Waals surface area contributed by atoms with E-state index in [1.54, 1.807) is 0 Å². The number of hydrogen-bond acceptors (Lipinski definition) is 4. The van der Waals surface area contributed by atoms with E-state index in [0.29, 0.717) is 25.5 Å². The Morgan fingerprint density at radius 3 is 2.45 bits per heavy atom. The van der Waals surface area contributed by atoms with Crippen molar-refractivity contribution in [3.8, 4) is 0 Å². The average molecular weight is 308 g/mol. The van der Waals surface area contributed by atoms with Crippen LogP contribution in [0.2, 0.25) is 0 Å². The molecule has 2 N–H and O–H groups in total. The minimum atomic E-state index is -3.11. The topological polar surface area (TPSA) is 67.4 Å². The zero-order valence-electron chi connectivity index (χ0n) is 13.3. The Balaban J connectivity index is 3.45. The Hall–Kier alpha value is -0.170. The van der Waals surface area contributed by atoms with Gasteiger partial charge in [0.1, 0.15) is 0 Å². The van der Waals surface area contributed by atoms with Crippen molar-refractivity contribution in [2.24, 2.45) is 5.92 Å². The van der Waals surface area contributed by atoms with Gasteiger partial charge in [0.15, 0.2) is 0 Å². The molecule has 0 bridgehead atoms. The molecule has 6 heteroatoms. The van der Waals surface area contributed by atoms with Gasteiger partial charge in [-0.3, -0.25) is 0 Å². The molecule has 5 nitrogen and oxygen atoms in total. The van der Waals surface area contributed by atoms with E-state index in [2.05, 4.69) is 30.8 Å². The number of ether oxygens (including phenoxy) is 1. The zero-order chi connectivity index (χ0) is 15.3. The van der Waals surface area contributed by atoms with Crippen LogP contribution in [0.25, 0.3) is 0 Å². The van der Waals surface area contributed by atoms with Gasteiger partial charge in [-0.15, -0.1) is 0 Å². The molecule has 0 fully saturated rings. The van der Waals surface area contributed by atoms with Crippen LogP contribution in [-0.4, -0.2) is 47.0 Å². The van der Waals surface area contributed by atoms with E-state index in [4.69, 9.17) is 4.74 Å². The van der Waals surface area contributed by atoms with Crippen molar-refractivity contribution in [2.75, 3.05) is 38.6 Å². The van der Waals surface area contributed by atoms with Crippen molar-refractivity contribution in [3.63, 3.8) is 0 Å². The maximum atomic E-state index is 11.7. The van der Waals surface area contributed by atoms with Crippen LogP contribution in [0.5, 0.6) is 0 Å². The Kier molecular flexibility index (Phi) is 12.5. The molecule has 0 radical (unpaired) electrons. The number of unbranched alkanes of at least 4 members (excludes halogenated alkanes) is 1. The maximum Gasteiger partial charge on any atom is 0.211 e. The summed E-state index contributed by atoms with van der Waals surface area (Å²) in [7, 11) is -3.11. The van der Waals surface area contributed by atoms with E-state index in [0.717, 1.165) is 39.0 Å². The number of rotatable bonds is 14. The molecule has 0 aliphatic heterocycles. The monoisotopic (exact) mass is 308 g/mol. The summed E-state index contributed by atoms with van der Waals surface area (Å²) in [5.74, 6) is 0.737. The normalized spacial score (nSPS) is 12.2. The second-order valence-electron chi connectivity index (χ2n) is 5.49. The number of nitrogens with one attached hydrogen (secondary N) is 2. The fourth-order valence-electron chi connectivity index (χ4n) is 1.64. The highest BCUT2D eigenvalue weighted by Gasteiger charge is 2.08. The Bertz CT molecular complexity index is 306. The number of sulfonamides is 1.